The van der Waals surface area contributed by atoms with Crippen molar-refractivity contribution in [3.05, 3.63) is 108 Å². The van der Waals surface area contributed by atoms with Gasteiger partial charge in [0.2, 0.25) is 0 Å². The predicted octanol–water partition coefficient (Wildman–Crippen LogP) is 6.56. The fourth-order valence-electron chi connectivity index (χ4n) is 4.45. The van der Waals surface area contributed by atoms with Gasteiger partial charge >= 0.3 is 0 Å². The molecule has 0 aromatic heterocycles. The summed E-state index contributed by atoms with van der Waals surface area (Å²) in [5, 5.41) is 5.67. The van der Waals surface area contributed by atoms with Gasteiger partial charge in [0.15, 0.2) is 0 Å². The van der Waals surface area contributed by atoms with E-state index in [4.69, 9.17) is 0 Å². The van der Waals surface area contributed by atoms with Gasteiger partial charge < -0.3 is 0 Å². The molecule has 0 N–H and O–H groups in total. The molecule has 2 aliphatic rings. The molecule has 126 valence electrons. The smallest absolute Gasteiger partial charge is 0.000639 e. The molecule has 0 unspecified atom stereocenters. The summed E-state index contributed by atoms with van der Waals surface area (Å²) in [5.41, 5.74) is 2.97. The molecule has 0 nitrogen and oxygen atoms in total. The van der Waals surface area contributed by atoms with Crippen LogP contribution in [0.3, 0.4) is 0 Å². The quantitative estimate of drug-likeness (QED) is 0.474. The van der Waals surface area contributed by atoms with Gasteiger partial charge in [0, 0.05) is 0 Å². The standard InChI is InChI=1S/C26H22/c1-2-10-19(9-1)17-25-21-13-5-7-15-23(21)26(18-20-11-3-4-12-20)24-16-8-6-14-22(24)25/h1-16,19-20H,17-18H2. The van der Waals surface area contributed by atoms with Gasteiger partial charge in [-0.15, -0.1) is 0 Å². The number of fused-ring (bicyclic) bond motifs is 2. The second-order valence-electron chi connectivity index (χ2n) is 7.32. The summed E-state index contributed by atoms with van der Waals surface area (Å²) in [5.74, 6) is 1.02. The zero-order valence-corrected chi connectivity index (χ0v) is 14.8. The maximum absolute atomic E-state index is 2.31. The summed E-state index contributed by atoms with van der Waals surface area (Å²) in [6.45, 7) is 0. The molecule has 0 atom stereocenters. The Morgan fingerprint density at radius 1 is 0.462 bits per heavy atom. The Labute approximate surface area is 154 Å². The summed E-state index contributed by atoms with van der Waals surface area (Å²) >= 11 is 0. The topological polar surface area (TPSA) is 0 Å². The minimum absolute atomic E-state index is 0.508. The molecule has 5 rings (SSSR count). The summed E-state index contributed by atoms with van der Waals surface area (Å²) in [4.78, 5) is 0. The van der Waals surface area contributed by atoms with Crippen LogP contribution in [0.15, 0.2) is 97.1 Å². The van der Waals surface area contributed by atoms with Gasteiger partial charge in [-0.25, -0.2) is 0 Å². The lowest BCUT2D eigenvalue weighted by Gasteiger charge is -2.19. The van der Waals surface area contributed by atoms with Crippen molar-refractivity contribution in [2.24, 2.45) is 11.8 Å². The number of hydrogen-bond donors (Lipinski definition) is 0. The van der Waals surface area contributed by atoms with Crippen LogP contribution in [0.25, 0.3) is 21.5 Å². The van der Waals surface area contributed by atoms with Crippen molar-refractivity contribution in [1.82, 2.24) is 0 Å². The van der Waals surface area contributed by atoms with E-state index in [0.717, 1.165) is 12.8 Å². The molecule has 26 heavy (non-hydrogen) atoms. The van der Waals surface area contributed by atoms with E-state index in [9.17, 15) is 0 Å². The molecule has 0 bridgehead atoms. The third kappa shape index (κ3) is 2.63. The molecule has 3 aromatic carbocycles. The van der Waals surface area contributed by atoms with Gasteiger partial charge in [-0.1, -0.05) is 97.1 Å². The van der Waals surface area contributed by atoms with E-state index < -0.39 is 0 Å². The van der Waals surface area contributed by atoms with E-state index >= 15 is 0 Å². The zero-order valence-electron chi connectivity index (χ0n) is 14.8. The third-order valence-corrected chi connectivity index (χ3v) is 5.69. The van der Waals surface area contributed by atoms with Crippen molar-refractivity contribution >= 4 is 21.5 Å². The van der Waals surface area contributed by atoms with Crippen molar-refractivity contribution in [3.63, 3.8) is 0 Å². The third-order valence-electron chi connectivity index (χ3n) is 5.69. The largest absolute Gasteiger partial charge is 0.0773 e. The summed E-state index contributed by atoms with van der Waals surface area (Å²) in [7, 11) is 0. The highest BCUT2D eigenvalue weighted by atomic mass is 14.2. The first-order valence-electron chi connectivity index (χ1n) is 9.51. The molecule has 0 amide bonds. The Hall–Kier alpha value is -2.86. The van der Waals surface area contributed by atoms with Crippen LogP contribution in [0, 0.1) is 11.8 Å². The minimum atomic E-state index is 0.508. The molecule has 0 radical (unpaired) electrons. The Morgan fingerprint density at radius 2 is 0.769 bits per heavy atom. The first kappa shape index (κ1) is 15.4. The van der Waals surface area contributed by atoms with Gasteiger partial charge in [0.1, 0.15) is 0 Å². The molecule has 0 saturated carbocycles. The van der Waals surface area contributed by atoms with Gasteiger partial charge in [-0.2, -0.15) is 0 Å². The van der Waals surface area contributed by atoms with Crippen LogP contribution in [-0.4, -0.2) is 0 Å². The van der Waals surface area contributed by atoms with Gasteiger partial charge in [0.05, 0.1) is 0 Å². The lowest BCUT2D eigenvalue weighted by Crippen LogP contribution is -2.03. The monoisotopic (exact) mass is 334 g/mol. The van der Waals surface area contributed by atoms with E-state index in [-0.39, 0.29) is 0 Å². The number of rotatable bonds is 4. The van der Waals surface area contributed by atoms with Gasteiger partial charge in [-0.3, -0.25) is 0 Å². The summed E-state index contributed by atoms with van der Waals surface area (Å²) in [6.07, 6.45) is 20.1. The average Bonchev–Trinajstić information content (AvgIpc) is 3.38. The van der Waals surface area contributed by atoms with Gasteiger partial charge in [0.25, 0.3) is 0 Å². The second kappa shape index (κ2) is 6.46. The number of hydrogen-bond acceptors (Lipinski definition) is 0. The molecular weight excluding hydrogens is 312 g/mol. The van der Waals surface area contributed by atoms with Crippen LogP contribution < -0.4 is 0 Å². The van der Waals surface area contributed by atoms with E-state index in [0.29, 0.717) is 11.8 Å². The Kier molecular flexibility index (Phi) is 3.83. The lowest BCUT2D eigenvalue weighted by atomic mass is 9.85. The van der Waals surface area contributed by atoms with Crippen molar-refractivity contribution < 1.29 is 0 Å². The molecule has 3 aromatic rings. The normalized spacial score (nSPS) is 16.6. The van der Waals surface area contributed by atoms with Crippen LogP contribution >= 0.6 is 0 Å². The highest BCUT2D eigenvalue weighted by molar-refractivity contribution is 6.06. The van der Waals surface area contributed by atoms with Crippen LogP contribution in [0.5, 0.6) is 0 Å². The molecular formula is C26H22. The molecule has 0 aliphatic heterocycles. The number of benzene rings is 3. The minimum Gasteiger partial charge on any atom is -0.0773 e. The van der Waals surface area contributed by atoms with Gasteiger partial charge in [-0.05, 0) is 57.3 Å². The Balaban J connectivity index is 1.76. The fourth-order valence-corrected chi connectivity index (χ4v) is 4.45. The van der Waals surface area contributed by atoms with Crippen molar-refractivity contribution in [1.29, 1.82) is 0 Å². The van der Waals surface area contributed by atoms with Crippen molar-refractivity contribution in [3.8, 4) is 0 Å². The van der Waals surface area contributed by atoms with Crippen molar-refractivity contribution in [2.45, 2.75) is 12.8 Å². The average molecular weight is 334 g/mol. The summed E-state index contributed by atoms with van der Waals surface area (Å²) in [6, 6.07) is 18.0. The Morgan fingerprint density at radius 3 is 1.08 bits per heavy atom. The highest BCUT2D eigenvalue weighted by Crippen LogP contribution is 2.36. The molecule has 0 fully saturated rings. The molecule has 0 heteroatoms. The summed E-state index contributed by atoms with van der Waals surface area (Å²) < 4.78 is 0. The van der Waals surface area contributed by atoms with Crippen LogP contribution in [0.4, 0.5) is 0 Å². The first-order chi connectivity index (χ1) is 12.9. The van der Waals surface area contributed by atoms with E-state index in [1.807, 2.05) is 0 Å². The van der Waals surface area contributed by atoms with E-state index in [1.165, 1.54) is 32.7 Å². The van der Waals surface area contributed by atoms with Crippen molar-refractivity contribution in [2.75, 3.05) is 0 Å². The maximum atomic E-state index is 2.31. The van der Waals surface area contributed by atoms with E-state index in [1.54, 1.807) is 0 Å². The molecule has 0 saturated heterocycles. The molecule has 0 spiro atoms. The first-order valence-corrected chi connectivity index (χ1v) is 9.51. The second-order valence-corrected chi connectivity index (χ2v) is 7.32. The van der Waals surface area contributed by atoms with Crippen LogP contribution in [-0.2, 0) is 12.8 Å². The highest BCUT2D eigenvalue weighted by Gasteiger charge is 2.17. The zero-order chi connectivity index (χ0) is 17.3. The number of allylic oxidation sites excluding steroid dienone is 8. The lowest BCUT2D eigenvalue weighted by molar-refractivity contribution is 0.820. The maximum Gasteiger partial charge on any atom is -0.000639 e. The molecule has 0 heterocycles. The SMILES string of the molecule is C1=CC(Cc2c3ccccc3c(CC3C=CC=C3)c3ccccc23)C=C1. The predicted molar refractivity (Wildman–Crippen MR) is 112 cm³/mol. The van der Waals surface area contributed by atoms with E-state index in [2.05, 4.69) is 97.1 Å². The van der Waals surface area contributed by atoms with Crippen LogP contribution in [0.2, 0.25) is 0 Å². The molecule has 2 aliphatic carbocycles. The Bertz CT molecular complexity index is 923. The fraction of sp³-hybridized carbons (Fsp3) is 0.154. The van der Waals surface area contributed by atoms with Crippen LogP contribution in [0.1, 0.15) is 11.1 Å².